The van der Waals surface area contributed by atoms with Crippen LogP contribution >= 0.6 is 0 Å². The Labute approximate surface area is 143 Å². The first-order valence-corrected chi connectivity index (χ1v) is 7.81. The molecule has 0 saturated heterocycles. The summed E-state index contributed by atoms with van der Waals surface area (Å²) in [7, 11) is 0. The zero-order valence-corrected chi connectivity index (χ0v) is 13.5. The van der Waals surface area contributed by atoms with Gasteiger partial charge in [0.15, 0.2) is 5.76 Å². The van der Waals surface area contributed by atoms with Gasteiger partial charge in [0.25, 0.3) is 0 Å². The van der Waals surface area contributed by atoms with Crippen LogP contribution in [0.15, 0.2) is 59.7 Å². The quantitative estimate of drug-likeness (QED) is 0.600. The molecule has 0 fully saturated rings. The molecular weight excluding hydrogens is 320 g/mol. The summed E-state index contributed by atoms with van der Waals surface area (Å²) in [5.41, 5.74) is 2.67. The van der Waals surface area contributed by atoms with Crippen LogP contribution in [-0.4, -0.2) is 34.9 Å². The van der Waals surface area contributed by atoms with Gasteiger partial charge in [0.1, 0.15) is 30.7 Å². The molecule has 25 heavy (non-hydrogen) atoms. The van der Waals surface area contributed by atoms with Crippen LogP contribution in [-0.2, 0) is 6.61 Å². The lowest BCUT2D eigenvalue weighted by atomic mass is 10.1. The predicted molar refractivity (Wildman–Crippen MR) is 88.8 cm³/mol. The molecule has 0 unspecified atom stereocenters. The minimum absolute atomic E-state index is 0.0123. The van der Waals surface area contributed by atoms with Gasteiger partial charge in [-0.2, -0.15) is 5.10 Å². The summed E-state index contributed by atoms with van der Waals surface area (Å²) in [5, 5.41) is 21.5. The van der Waals surface area contributed by atoms with Crippen molar-refractivity contribution in [2.75, 3.05) is 0 Å². The zero-order chi connectivity index (χ0) is 17.2. The number of rotatable bonds is 5. The van der Waals surface area contributed by atoms with Crippen LogP contribution in [0.3, 0.4) is 0 Å². The van der Waals surface area contributed by atoms with Crippen LogP contribution in [0.1, 0.15) is 24.3 Å². The van der Waals surface area contributed by atoms with Gasteiger partial charge in [-0.25, -0.2) is 14.3 Å². The van der Waals surface area contributed by atoms with Crippen molar-refractivity contribution < 1.29 is 9.52 Å². The van der Waals surface area contributed by atoms with Crippen LogP contribution in [0.25, 0.3) is 17.1 Å². The van der Waals surface area contributed by atoms with Gasteiger partial charge in [-0.1, -0.05) is 17.3 Å². The molecule has 1 N–H and O–H groups in total. The van der Waals surface area contributed by atoms with E-state index in [-0.39, 0.29) is 12.6 Å². The molecule has 0 bridgehead atoms. The van der Waals surface area contributed by atoms with Crippen LogP contribution < -0.4 is 0 Å². The van der Waals surface area contributed by atoms with Crippen molar-refractivity contribution in [3.8, 4) is 17.1 Å². The molecule has 0 spiro atoms. The standard InChI is InChI=1S/C17H16N6O2/c1-12(13-2-4-14(5-3-13)23-11-18-10-19-23)22-8-16(20-21-22)17-7-6-15(9-24)25-17/h2-8,10-12,24H,9H2,1H3/t12-/m1/s1. The van der Waals surface area contributed by atoms with E-state index in [1.807, 2.05) is 37.4 Å². The maximum Gasteiger partial charge on any atom is 0.156 e. The summed E-state index contributed by atoms with van der Waals surface area (Å²) in [4.78, 5) is 3.95. The van der Waals surface area contributed by atoms with Gasteiger partial charge >= 0.3 is 0 Å². The van der Waals surface area contributed by atoms with Gasteiger partial charge in [-0.05, 0) is 36.8 Å². The molecule has 4 rings (SSSR count). The number of aromatic nitrogens is 6. The van der Waals surface area contributed by atoms with Crippen molar-refractivity contribution in [2.24, 2.45) is 0 Å². The van der Waals surface area contributed by atoms with E-state index >= 15 is 0 Å². The summed E-state index contributed by atoms with van der Waals surface area (Å²) in [5.74, 6) is 1.09. The van der Waals surface area contributed by atoms with Crippen molar-refractivity contribution in [2.45, 2.75) is 19.6 Å². The highest BCUT2D eigenvalue weighted by Crippen LogP contribution is 2.23. The van der Waals surface area contributed by atoms with Gasteiger partial charge in [-0.3, -0.25) is 0 Å². The Bertz CT molecular complexity index is 955. The van der Waals surface area contributed by atoms with E-state index < -0.39 is 0 Å². The lowest BCUT2D eigenvalue weighted by molar-refractivity contribution is 0.248. The van der Waals surface area contributed by atoms with Crippen molar-refractivity contribution in [1.82, 2.24) is 29.8 Å². The highest BCUT2D eigenvalue weighted by molar-refractivity contribution is 5.50. The van der Waals surface area contributed by atoms with Crippen LogP contribution in [0.5, 0.6) is 0 Å². The number of aliphatic hydroxyl groups is 1. The van der Waals surface area contributed by atoms with Gasteiger partial charge in [0, 0.05) is 0 Å². The molecule has 0 amide bonds. The summed E-state index contributed by atoms with van der Waals surface area (Å²) in [6, 6.07) is 11.5. The second kappa shape index (κ2) is 6.33. The van der Waals surface area contributed by atoms with E-state index in [9.17, 15) is 0 Å². The summed E-state index contributed by atoms with van der Waals surface area (Å²) >= 11 is 0. The third-order valence-corrected chi connectivity index (χ3v) is 4.04. The molecule has 0 aliphatic rings. The largest absolute Gasteiger partial charge is 0.457 e. The number of nitrogens with zero attached hydrogens (tertiary/aromatic N) is 6. The minimum atomic E-state index is -0.136. The average molecular weight is 336 g/mol. The second-order valence-corrected chi connectivity index (χ2v) is 5.62. The smallest absolute Gasteiger partial charge is 0.156 e. The molecule has 8 heteroatoms. The van der Waals surface area contributed by atoms with Crippen molar-refractivity contribution in [1.29, 1.82) is 0 Å². The fraction of sp³-hybridized carbons (Fsp3) is 0.176. The Morgan fingerprint density at radius 2 is 2.00 bits per heavy atom. The number of hydrogen-bond donors (Lipinski definition) is 1. The van der Waals surface area contributed by atoms with Crippen molar-refractivity contribution in [3.63, 3.8) is 0 Å². The maximum absolute atomic E-state index is 9.09. The molecule has 0 radical (unpaired) electrons. The Balaban J connectivity index is 1.55. The molecule has 0 aliphatic carbocycles. The van der Waals surface area contributed by atoms with E-state index in [4.69, 9.17) is 9.52 Å². The van der Waals surface area contributed by atoms with Crippen LogP contribution in [0.2, 0.25) is 0 Å². The fourth-order valence-electron chi connectivity index (χ4n) is 2.58. The molecule has 1 aromatic carbocycles. The Morgan fingerprint density at radius 3 is 2.68 bits per heavy atom. The van der Waals surface area contributed by atoms with Gasteiger partial charge in [0.05, 0.1) is 17.9 Å². The SMILES string of the molecule is C[C@H](c1ccc(-n2cncn2)cc1)n1cc(-c2ccc(CO)o2)nn1. The first kappa shape index (κ1) is 15.3. The van der Waals surface area contributed by atoms with Crippen molar-refractivity contribution in [3.05, 3.63) is 66.6 Å². The third-order valence-electron chi connectivity index (χ3n) is 4.04. The fourth-order valence-corrected chi connectivity index (χ4v) is 2.58. The van der Waals surface area contributed by atoms with E-state index in [1.165, 1.54) is 6.33 Å². The molecule has 4 aromatic rings. The van der Waals surface area contributed by atoms with Crippen LogP contribution in [0.4, 0.5) is 0 Å². The molecule has 1 atom stereocenters. The Hall–Kier alpha value is -3.26. The maximum atomic E-state index is 9.09. The normalized spacial score (nSPS) is 12.4. The predicted octanol–water partition coefficient (Wildman–Crippen LogP) is 2.22. The van der Waals surface area contributed by atoms with Crippen LogP contribution in [0, 0.1) is 0 Å². The average Bonchev–Trinajstić information content (AvgIpc) is 3.42. The topological polar surface area (TPSA) is 94.8 Å². The molecule has 126 valence electrons. The van der Waals surface area contributed by atoms with Crippen molar-refractivity contribution >= 4 is 0 Å². The number of hydrogen-bond acceptors (Lipinski definition) is 6. The summed E-state index contributed by atoms with van der Waals surface area (Å²) < 4.78 is 8.98. The number of benzene rings is 1. The monoisotopic (exact) mass is 336 g/mol. The lowest BCUT2D eigenvalue weighted by Crippen LogP contribution is -2.07. The number of aliphatic hydroxyl groups excluding tert-OH is 1. The lowest BCUT2D eigenvalue weighted by Gasteiger charge is -2.12. The first-order valence-electron chi connectivity index (χ1n) is 7.81. The molecule has 3 aromatic heterocycles. The second-order valence-electron chi connectivity index (χ2n) is 5.62. The minimum Gasteiger partial charge on any atom is -0.457 e. The highest BCUT2D eigenvalue weighted by Gasteiger charge is 2.14. The van der Waals surface area contributed by atoms with E-state index in [0.717, 1.165) is 11.3 Å². The van der Waals surface area contributed by atoms with E-state index in [2.05, 4.69) is 20.4 Å². The van der Waals surface area contributed by atoms with Gasteiger partial charge in [0.2, 0.25) is 0 Å². The highest BCUT2D eigenvalue weighted by atomic mass is 16.4. The molecule has 3 heterocycles. The zero-order valence-electron chi connectivity index (χ0n) is 13.5. The van der Waals surface area contributed by atoms with E-state index in [0.29, 0.717) is 17.2 Å². The molecule has 0 saturated carbocycles. The first-order chi connectivity index (χ1) is 12.2. The third kappa shape index (κ3) is 2.94. The molecular formula is C17H16N6O2. The van der Waals surface area contributed by atoms with Gasteiger partial charge in [-0.15, -0.1) is 5.10 Å². The molecule has 0 aliphatic heterocycles. The van der Waals surface area contributed by atoms with E-state index in [1.54, 1.807) is 27.8 Å². The van der Waals surface area contributed by atoms with Gasteiger partial charge < -0.3 is 9.52 Å². The summed E-state index contributed by atoms with van der Waals surface area (Å²) in [6.45, 7) is 1.91. The number of furan rings is 1. The summed E-state index contributed by atoms with van der Waals surface area (Å²) in [6.07, 6.45) is 4.99. The molecule has 8 nitrogen and oxygen atoms in total. The Morgan fingerprint density at radius 1 is 1.16 bits per heavy atom. The Kier molecular flexibility index (Phi) is 3.87.